The molecule has 1 saturated heterocycles. The molecule has 0 amide bonds. The van der Waals surface area contributed by atoms with Crippen molar-refractivity contribution in [3.8, 4) is 0 Å². The first kappa shape index (κ1) is 17.4. The van der Waals surface area contributed by atoms with Gasteiger partial charge in [-0.3, -0.25) is 14.6 Å². The molecule has 0 radical (unpaired) electrons. The summed E-state index contributed by atoms with van der Waals surface area (Å²) in [5.41, 5.74) is 0.693. The number of hydrogen-bond acceptors (Lipinski definition) is 3. The highest BCUT2D eigenvalue weighted by Crippen LogP contribution is 2.24. The summed E-state index contributed by atoms with van der Waals surface area (Å²) in [5.74, 6) is -0.961. The summed E-state index contributed by atoms with van der Waals surface area (Å²) in [7, 11) is 0. The van der Waals surface area contributed by atoms with E-state index in [-0.39, 0.29) is 12.4 Å². The van der Waals surface area contributed by atoms with Gasteiger partial charge in [0.25, 0.3) is 0 Å². The van der Waals surface area contributed by atoms with Crippen molar-refractivity contribution < 1.29 is 14.3 Å². The second-order valence-corrected chi connectivity index (χ2v) is 6.52. The molecule has 1 heterocycles. The molecule has 6 heteroatoms. The summed E-state index contributed by atoms with van der Waals surface area (Å²) < 4.78 is 14.7. The molecule has 122 valence electrons. The quantitative estimate of drug-likeness (QED) is 0.833. The van der Waals surface area contributed by atoms with Crippen molar-refractivity contribution >= 4 is 21.9 Å². The van der Waals surface area contributed by atoms with E-state index >= 15 is 0 Å². The zero-order valence-electron chi connectivity index (χ0n) is 12.8. The third-order valence-electron chi connectivity index (χ3n) is 4.26. The van der Waals surface area contributed by atoms with Gasteiger partial charge >= 0.3 is 5.97 Å². The van der Waals surface area contributed by atoms with Gasteiger partial charge in [0, 0.05) is 22.6 Å². The van der Waals surface area contributed by atoms with Crippen molar-refractivity contribution in [1.82, 2.24) is 9.80 Å². The van der Waals surface area contributed by atoms with Crippen LogP contribution in [0.5, 0.6) is 0 Å². The van der Waals surface area contributed by atoms with Crippen molar-refractivity contribution in [3.05, 3.63) is 34.1 Å². The predicted octanol–water partition coefficient (Wildman–Crippen LogP) is 2.96. The van der Waals surface area contributed by atoms with E-state index in [1.54, 1.807) is 6.07 Å². The first-order chi connectivity index (χ1) is 10.5. The van der Waals surface area contributed by atoms with Crippen molar-refractivity contribution in [2.45, 2.75) is 32.4 Å². The Kier molecular flexibility index (Phi) is 6.35. The molecule has 0 aliphatic carbocycles. The highest BCUT2D eigenvalue weighted by molar-refractivity contribution is 9.10. The maximum absolute atomic E-state index is 13.9. The van der Waals surface area contributed by atoms with Crippen LogP contribution in [0.4, 0.5) is 4.39 Å². The van der Waals surface area contributed by atoms with Crippen LogP contribution in [0, 0.1) is 5.82 Å². The summed E-state index contributed by atoms with van der Waals surface area (Å²) in [6.45, 7) is 5.15. The standard InChI is InChI=1S/C16H22BrFN2O2/c1-2-20(11-16(21)22)12-6-8-19(9-7-12)10-13-14(17)4-3-5-15(13)18/h3-5,12H,2,6-11H2,1H3,(H,21,22). The van der Waals surface area contributed by atoms with Crippen LogP contribution in [-0.4, -0.2) is 53.1 Å². The van der Waals surface area contributed by atoms with Gasteiger partial charge in [-0.2, -0.15) is 0 Å². The Bertz CT molecular complexity index is 499. The summed E-state index contributed by atoms with van der Waals surface area (Å²) in [6.07, 6.45) is 1.85. The molecule has 0 spiro atoms. The number of piperidine rings is 1. The van der Waals surface area contributed by atoms with E-state index in [0.717, 1.165) is 36.9 Å². The zero-order chi connectivity index (χ0) is 16.1. The second-order valence-electron chi connectivity index (χ2n) is 5.66. The highest BCUT2D eigenvalue weighted by Gasteiger charge is 2.25. The van der Waals surface area contributed by atoms with E-state index in [2.05, 4.69) is 20.8 Å². The van der Waals surface area contributed by atoms with E-state index in [1.165, 1.54) is 6.07 Å². The fraction of sp³-hybridized carbons (Fsp3) is 0.562. The molecule has 22 heavy (non-hydrogen) atoms. The lowest BCUT2D eigenvalue weighted by atomic mass is 10.0. The number of likely N-dealkylation sites (tertiary alicyclic amines) is 1. The molecule has 1 N–H and O–H groups in total. The highest BCUT2D eigenvalue weighted by atomic mass is 79.9. The summed E-state index contributed by atoms with van der Waals surface area (Å²) in [5, 5.41) is 8.95. The minimum atomic E-state index is -0.778. The smallest absolute Gasteiger partial charge is 0.317 e. The number of carboxylic acid groups (broad SMARTS) is 1. The Balaban J connectivity index is 1.91. The van der Waals surface area contributed by atoms with Gasteiger partial charge in [-0.15, -0.1) is 0 Å². The molecule has 0 aromatic heterocycles. The van der Waals surface area contributed by atoms with Crippen molar-refractivity contribution in [3.63, 3.8) is 0 Å². The van der Waals surface area contributed by atoms with E-state index in [4.69, 9.17) is 5.11 Å². The SMILES string of the molecule is CCN(CC(=O)O)C1CCN(Cc2c(F)cccc2Br)CC1. The van der Waals surface area contributed by atoms with Crippen molar-refractivity contribution in [1.29, 1.82) is 0 Å². The van der Waals surface area contributed by atoms with E-state index in [1.807, 2.05) is 17.9 Å². The number of halogens is 2. The number of aliphatic carboxylic acids is 1. The Hall–Kier alpha value is -0.980. The fourth-order valence-electron chi connectivity index (χ4n) is 3.02. The van der Waals surface area contributed by atoms with Crippen LogP contribution in [0.1, 0.15) is 25.3 Å². The number of nitrogens with zero attached hydrogens (tertiary/aromatic N) is 2. The van der Waals surface area contributed by atoms with Crippen LogP contribution in [0.3, 0.4) is 0 Å². The molecule has 0 bridgehead atoms. The van der Waals surface area contributed by atoms with Gasteiger partial charge in [0.05, 0.1) is 6.54 Å². The lowest BCUT2D eigenvalue weighted by molar-refractivity contribution is -0.139. The molecule has 1 fully saturated rings. The lowest BCUT2D eigenvalue weighted by Crippen LogP contribution is -2.46. The molecule has 4 nitrogen and oxygen atoms in total. The monoisotopic (exact) mass is 372 g/mol. The number of carbonyl (C=O) groups is 1. The molecule has 2 rings (SSSR count). The van der Waals surface area contributed by atoms with Gasteiger partial charge in [0.2, 0.25) is 0 Å². The first-order valence-corrected chi connectivity index (χ1v) is 8.41. The third-order valence-corrected chi connectivity index (χ3v) is 5.00. The molecule has 1 aliphatic rings. The van der Waals surface area contributed by atoms with Gasteiger partial charge in [-0.05, 0) is 44.6 Å². The van der Waals surface area contributed by atoms with Gasteiger partial charge < -0.3 is 5.11 Å². The predicted molar refractivity (Wildman–Crippen MR) is 87.3 cm³/mol. The maximum atomic E-state index is 13.9. The van der Waals surface area contributed by atoms with Crippen molar-refractivity contribution in [2.75, 3.05) is 26.2 Å². The van der Waals surface area contributed by atoms with Gasteiger partial charge in [0.15, 0.2) is 0 Å². The van der Waals surface area contributed by atoms with Gasteiger partial charge in [-0.1, -0.05) is 28.9 Å². The van der Waals surface area contributed by atoms with Crippen LogP contribution >= 0.6 is 15.9 Å². The normalized spacial score (nSPS) is 17.1. The molecule has 1 aromatic rings. The topological polar surface area (TPSA) is 43.8 Å². The number of benzene rings is 1. The summed E-state index contributed by atoms with van der Waals surface area (Å²) >= 11 is 3.41. The molecule has 0 atom stereocenters. The molecular weight excluding hydrogens is 351 g/mol. The fourth-order valence-corrected chi connectivity index (χ4v) is 3.49. The van der Waals surface area contributed by atoms with Crippen LogP contribution < -0.4 is 0 Å². The third kappa shape index (κ3) is 4.51. The number of rotatable bonds is 6. The average molecular weight is 373 g/mol. The molecule has 0 saturated carbocycles. The number of likely N-dealkylation sites (N-methyl/N-ethyl adjacent to an activating group) is 1. The van der Waals surface area contributed by atoms with E-state index in [0.29, 0.717) is 18.2 Å². The molecular formula is C16H22BrFN2O2. The Labute approximate surface area is 139 Å². The Morgan fingerprint density at radius 2 is 2.14 bits per heavy atom. The minimum Gasteiger partial charge on any atom is -0.480 e. The van der Waals surface area contributed by atoms with Gasteiger partial charge in [-0.25, -0.2) is 4.39 Å². The lowest BCUT2D eigenvalue weighted by Gasteiger charge is -2.37. The first-order valence-electron chi connectivity index (χ1n) is 7.62. The number of hydrogen-bond donors (Lipinski definition) is 1. The Morgan fingerprint density at radius 3 is 2.68 bits per heavy atom. The maximum Gasteiger partial charge on any atom is 0.317 e. The van der Waals surface area contributed by atoms with Gasteiger partial charge in [0.1, 0.15) is 5.82 Å². The van der Waals surface area contributed by atoms with Crippen LogP contribution in [0.25, 0.3) is 0 Å². The van der Waals surface area contributed by atoms with E-state index in [9.17, 15) is 9.18 Å². The second kappa shape index (κ2) is 8.04. The Morgan fingerprint density at radius 1 is 1.45 bits per heavy atom. The molecule has 0 unspecified atom stereocenters. The minimum absolute atomic E-state index is 0.0973. The van der Waals surface area contributed by atoms with E-state index < -0.39 is 5.97 Å². The zero-order valence-corrected chi connectivity index (χ0v) is 14.4. The van der Waals surface area contributed by atoms with Crippen molar-refractivity contribution in [2.24, 2.45) is 0 Å². The average Bonchev–Trinajstić information content (AvgIpc) is 2.49. The largest absolute Gasteiger partial charge is 0.480 e. The summed E-state index contributed by atoms with van der Waals surface area (Å²) in [6, 6.07) is 5.34. The molecule has 1 aliphatic heterocycles. The molecule has 1 aromatic carbocycles. The number of carboxylic acids is 1. The van der Waals surface area contributed by atoms with Crippen LogP contribution in [-0.2, 0) is 11.3 Å². The van der Waals surface area contributed by atoms with Crippen LogP contribution in [0.15, 0.2) is 22.7 Å². The van der Waals surface area contributed by atoms with Crippen LogP contribution in [0.2, 0.25) is 0 Å². The summed E-state index contributed by atoms with van der Waals surface area (Å²) in [4.78, 5) is 15.1.